The lowest BCUT2D eigenvalue weighted by Crippen LogP contribution is -2.37. The SMILES string of the molecule is CC1(C)O[C@@H]2[C@H](O1)[C@@H](CO)O[C@H]2n1ccc(=O)[nH]c1=O.CCC/C=C\CCC(=O)OC[C@H]1O[C@@H](n2ccc(=O)[nH]c2=O)[C@@H]2OC(C)(C)O[C@@H]21.CCC/C=C\CCC(=O)OC[C@H]1O[C@@H](n2ccc(=O)[nH]c2=O)[C@H](O)[C@@H]1O. The molecule has 26 nitrogen and oxygen atoms in total. The number of carbonyl (C=O) groups is 2. The minimum atomic E-state index is -1.40. The number of aliphatic hydroxyl groups excluding tert-OH is 3. The molecular weight excluding hydrogens is 993 g/mol. The molecule has 3 aromatic heterocycles. The van der Waals surface area contributed by atoms with E-state index in [1.807, 2.05) is 23.2 Å². The van der Waals surface area contributed by atoms with Gasteiger partial charge in [0.15, 0.2) is 30.3 Å². The largest absolute Gasteiger partial charge is 0.463 e. The number of hydrogen-bond acceptors (Lipinski definition) is 20. The van der Waals surface area contributed by atoms with E-state index < -0.39 is 125 Å². The summed E-state index contributed by atoms with van der Waals surface area (Å²) < 4.78 is 54.2. The highest BCUT2D eigenvalue weighted by molar-refractivity contribution is 5.69. The van der Waals surface area contributed by atoms with E-state index in [0.717, 1.165) is 36.3 Å². The van der Waals surface area contributed by atoms with Gasteiger partial charge in [-0.1, -0.05) is 51.0 Å². The molecule has 12 atom stereocenters. The van der Waals surface area contributed by atoms with Crippen LogP contribution in [0.3, 0.4) is 0 Å². The van der Waals surface area contributed by atoms with Crippen LogP contribution in [0.4, 0.5) is 0 Å². The lowest BCUT2D eigenvalue weighted by Gasteiger charge is -2.24. The van der Waals surface area contributed by atoms with Crippen LogP contribution in [0.25, 0.3) is 0 Å². The van der Waals surface area contributed by atoms with E-state index in [9.17, 15) is 53.7 Å². The van der Waals surface area contributed by atoms with Crippen LogP contribution < -0.4 is 33.7 Å². The summed E-state index contributed by atoms with van der Waals surface area (Å²) in [6.45, 7) is 10.7. The number of unbranched alkanes of at least 4 members (excludes halogenated alkanes) is 2. The maximum absolute atomic E-state index is 12.2. The molecule has 5 fully saturated rings. The molecule has 0 bridgehead atoms. The van der Waals surface area contributed by atoms with Crippen LogP contribution in [0.15, 0.2) is 89.9 Å². The predicted molar refractivity (Wildman–Crippen MR) is 261 cm³/mol. The van der Waals surface area contributed by atoms with E-state index in [2.05, 4.69) is 29.9 Å². The Morgan fingerprint density at radius 1 is 0.547 bits per heavy atom. The molecule has 0 saturated carbocycles. The predicted octanol–water partition coefficient (Wildman–Crippen LogP) is 0.416. The number of allylic oxidation sites excluding steroid dienone is 4. The van der Waals surface area contributed by atoms with Crippen molar-refractivity contribution in [3.63, 3.8) is 0 Å². The van der Waals surface area contributed by atoms with Crippen molar-refractivity contribution in [2.45, 2.75) is 178 Å². The number of H-pyrrole nitrogens is 3. The van der Waals surface area contributed by atoms with Crippen LogP contribution in [-0.4, -0.2) is 142 Å². The Morgan fingerprint density at radius 3 is 1.32 bits per heavy atom. The molecule has 3 aromatic rings. The second-order valence-electron chi connectivity index (χ2n) is 19.0. The fourth-order valence-corrected chi connectivity index (χ4v) is 8.73. The van der Waals surface area contributed by atoms with Gasteiger partial charge in [-0.05, 0) is 53.4 Å². The molecule has 6 N–H and O–H groups in total. The molecule has 8 heterocycles. The second kappa shape index (κ2) is 26.2. The van der Waals surface area contributed by atoms with Crippen molar-refractivity contribution in [1.29, 1.82) is 0 Å². The van der Waals surface area contributed by atoms with E-state index in [1.54, 1.807) is 27.7 Å². The Kier molecular flexibility index (Phi) is 20.4. The van der Waals surface area contributed by atoms with Gasteiger partial charge in [0.1, 0.15) is 68.1 Å². The van der Waals surface area contributed by atoms with Gasteiger partial charge in [0.2, 0.25) is 0 Å². The number of rotatable bonds is 18. The number of aromatic nitrogens is 6. The van der Waals surface area contributed by atoms with E-state index in [0.29, 0.717) is 12.8 Å². The van der Waals surface area contributed by atoms with Gasteiger partial charge in [0.05, 0.1) is 6.61 Å². The third-order valence-electron chi connectivity index (χ3n) is 12.2. The summed E-state index contributed by atoms with van der Waals surface area (Å²) in [5, 5.41) is 29.5. The second-order valence-corrected chi connectivity index (χ2v) is 19.0. The van der Waals surface area contributed by atoms with Crippen LogP contribution in [0, 0.1) is 0 Å². The highest BCUT2D eigenvalue weighted by Crippen LogP contribution is 2.44. The smallest absolute Gasteiger partial charge is 0.330 e. The number of ether oxygens (including phenoxy) is 9. The first kappa shape index (κ1) is 58.3. The molecule has 8 rings (SSSR count). The van der Waals surface area contributed by atoms with Crippen molar-refractivity contribution in [1.82, 2.24) is 28.7 Å². The quantitative estimate of drug-likeness (QED) is 0.0742. The van der Waals surface area contributed by atoms with E-state index in [4.69, 9.17) is 42.6 Å². The standard InChI is InChI=1S/C20H28N2O7.C17H24N2O7.C12H16N2O6/c1-4-5-6-7-8-9-15(24)26-12-13-16-17(29-20(2,3)28-16)18(27-13)22-11-10-14(23)21-19(22)25;1-2-3-4-5-6-7-13(21)25-10-11-14(22)15(23)16(26-11)19-9-8-12(20)18-17(19)24;1-12(2)19-8-6(5-15)18-10(9(8)20-12)14-4-3-7(16)13-11(14)17/h6-7,10-11,13,16-18H,4-5,8-9,12H2,1-3H3,(H,21,23,25);4-5,8-9,11,14-16,22-23H,2-3,6-7,10H2,1H3,(H,18,20,24);3-4,6,8-10,15H,5H2,1-2H3,(H,13,16,17)/b7-6-;5-4-;/t13-,16-,17-,18-;11-,14-,15-,16-;6-,8-,9-,10-/m111/s1. The molecule has 5 saturated heterocycles. The summed E-state index contributed by atoms with van der Waals surface area (Å²) in [6, 6.07) is 3.57. The fourth-order valence-electron chi connectivity index (χ4n) is 8.73. The van der Waals surface area contributed by atoms with Gasteiger partial charge in [-0.3, -0.25) is 52.6 Å². The first-order chi connectivity index (χ1) is 35.6. The zero-order valence-electron chi connectivity index (χ0n) is 42.6. The molecular formula is C49H68N6O20. The van der Waals surface area contributed by atoms with Crippen LogP contribution in [0.1, 0.15) is 112 Å². The Hall–Kier alpha value is -5.94. The van der Waals surface area contributed by atoms with Crippen molar-refractivity contribution in [3.8, 4) is 0 Å². The monoisotopic (exact) mass is 1060 g/mol. The van der Waals surface area contributed by atoms with Crippen molar-refractivity contribution in [2.24, 2.45) is 0 Å². The lowest BCUT2D eigenvalue weighted by molar-refractivity contribution is -0.203. The minimum absolute atomic E-state index is 0.00722. The zero-order valence-corrected chi connectivity index (χ0v) is 42.6. The molecule has 5 aliphatic heterocycles. The van der Waals surface area contributed by atoms with E-state index in [-0.39, 0.29) is 38.6 Å². The van der Waals surface area contributed by atoms with Crippen molar-refractivity contribution >= 4 is 11.9 Å². The highest BCUT2D eigenvalue weighted by Gasteiger charge is 2.57. The molecule has 26 heteroatoms. The van der Waals surface area contributed by atoms with Gasteiger partial charge in [-0.25, -0.2) is 14.4 Å². The third kappa shape index (κ3) is 15.4. The average molecular weight is 1060 g/mol. The van der Waals surface area contributed by atoms with E-state index >= 15 is 0 Å². The van der Waals surface area contributed by atoms with Crippen LogP contribution >= 0.6 is 0 Å². The van der Waals surface area contributed by atoms with Gasteiger partial charge in [0.25, 0.3) is 16.7 Å². The molecule has 414 valence electrons. The van der Waals surface area contributed by atoms with Crippen molar-refractivity contribution < 1.29 is 67.5 Å². The number of aliphatic hydroxyl groups is 3. The van der Waals surface area contributed by atoms with Gasteiger partial charge >= 0.3 is 29.0 Å². The number of esters is 2. The van der Waals surface area contributed by atoms with Gasteiger partial charge in [-0.15, -0.1) is 0 Å². The van der Waals surface area contributed by atoms with Crippen LogP contribution in [0.2, 0.25) is 0 Å². The molecule has 0 spiro atoms. The van der Waals surface area contributed by atoms with Crippen LogP contribution in [0.5, 0.6) is 0 Å². The highest BCUT2D eigenvalue weighted by atomic mass is 16.8. The summed E-state index contributed by atoms with van der Waals surface area (Å²) in [5.74, 6) is -2.44. The number of aromatic amines is 3. The lowest BCUT2D eigenvalue weighted by atomic mass is 10.1. The topological polar surface area (TPSA) is 342 Å². The molecule has 0 radical (unpaired) electrons. The maximum atomic E-state index is 12.2. The Labute approximate surface area is 428 Å². The molecule has 0 aromatic carbocycles. The van der Waals surface area contributed by atoms with E-state index in [1.165, 1.54) is 39.9 Å². The zero-order chi connectivity index (χ0) is 54.6. The fraction of sp³-hybridized carbons (Fsp3) is 0.633. The van der Waals surface area contributed by atoms with Crippen molar-refractivity contribution in [3.05, 3.63) is 124 Å². The summed E-state index contributed by atoms with van der Waals surface area (Å²) >= 11 is 0. The van der Waals surface area contributed by atoms with Crippen LogP contribution in [-0.2, 0) is 52.2 Å². The molecule has 0 amide bonds. The minimum Gasteiger partial charge on any atom is -0.463 e. The first-order valence-corrected chi connectivity index (χ1v) is 24.9. The summed E-state index contributed by atoms with van der Waals surface area (Å²) in [6.07, 6.45) is 7.85. The Morgan fingerprint density at radius 2 is 0.907 bits per heavy atom. The number of carbonyl (C=O) groups excluding carboxylic acids is 2. The number of nitrogens with zero attached hydrogens (tertiary/aromatic N) is 3. The summed E-state index contributed by atoms with van der Waals surface area (Å²) in [4.78, 5) is 99.5. The van der Waals surface area contributed by atoms with Gasteiger partial charge < -0.3 is 58.0 Å². The maximum Gasteiger partial charge on any atom is 0.330 e. The number of nitrogens with one attached hydrogen (secondary N) is 3. The Balaban J connectivity index is 0.000000186. The first-order valence-electron chi connectivity index (χ1n) is 24.9. The summed E-state index contributed by atoms with van der Waals surface area (Å²) in [7, 11) is 0. The molecule has 0 unspecified atom stereocenters. The molecule has 0 aliphatic carbocycles. The molecule has 75 heavy (non-hydrogen) atoms. The van der Waals surface area contributed by atoms with Gasteiger partial charge in [0, 0.05) is 49.6 Å². The average Bonchev–Trinajstić information content (AvgIpc) is 4.12. The normalized spacial score (nSPS) is 29.1. The third-order valence-corrected chi connectivity index (χ3v) is 12.2. The van der Waals surface area contributed by atoms with Crippen molar-refractivity contribution in [2.75, 3.05) is 19.8 Å². The number of fused-ring (bicyclic) bond motifs is 2. The Bertz CT molecular complexity index is 2810. The molecule has 5 aliphatic rings. The number of hydrogen-bond donors (Lipinski definition) is 6. The van der Waals surface area contributed by atoms with Gasteiger partial charge in [-0.2, -0.15) is 0 Å². The summed E-state index contributed by atoms with van der Waals surface area (Å²) in [5.41, 5.74) is -3.53.